The molecule has 0 atom stereocenters. The average molecular weight is 470 g/mol. The number of methoxy groups -OCH3 is 1. The highest BCUT2D eigenvalue weighted by Gasteiger charge is 2.38. The van der Waals surface area contributed by atoms with Gasteiger partial charge in [-0.05, 0) is 61.2 Å². The van der Waals surface area contributed by atoms with E-state index in [0.29, 0.717) is 19.4 Å². The van der Waals surface area contributed by atoms with E-state index in [0.717, 1.165) is 16.7 Å². The quantitative estimate of drug-likeness (QED) is 0.570. The molecule has 1 aromatic heterocycles. The van der Waals surface area contributed by atoms with Gasteiger partial charge in [0.05, 0.1) is 13.7 Å². The van der Waals surface area contributed by atoms with Gasteiger partial charge in [0.1, 0.15) is 17.1 Å². The van der Waals surface area contributed by atoms with Crippen molar-refractivity contribution in [3.05, 3.63) is 71.0 Å². The van der Waals surface area contributed by atoms with Gasteiger partial charge in [-0.2, -0.15) is 5.10 Å². The van der Waals surface area contributed by atoms with E-state index in [1.807, 2.05) is 39.1 Å². The maximum atomic E-state index is 13.3. The number of aryl methyl sites for hydroxylation is 1. The number of rotatable bonds is 7. The number of nitrogens with one attached hydrogen (secondary N) is 1. The maximum Gasteiger partial charge on any atom is 0.271 e. The molecule has 0 saturated carbocycles. The summed E-state index contributed by atoms with van der Waals surface area (Å²) in [7, 11) is -2.88. The van der Waals surface area contributed by atoms with E-state index in [-0.39, 0.29) is 22.0 Å². The predicted molar refractivity (Wildman–Crippen MR) is 123 cm³/mol. The Morgan fingerprint density at radius 2 is 2.03 bits per heavy atom. The van der Waals surface area contributed by atoms with Crippen LogP contribution in [0, 0.1) is 0 Å². The smallest absolute Gasteiger partial charge is 0.271 e. The molecule has 1 amide bonds. The number of hydrogen-bond acceptors (Lipinski definition) is 6. The molecule has 2 aromatic carbocycles. The largest absolute Gasteiger partial charge is 0.495 e. The topological polar surface area (TPSA) is 99.5 Å². The molecule has 33 heavy (non-hydrogen) atoms. The molecule has 3 aromatic rings. The van der Waals surface area contributed by atoms with Crippen molar-refractivity contribution in [2.75, 3.05) is 7.11 Å². The lowest BCUT2D eigenvalue weighted by Gasteiger charge is -2.19. The second kappa shape index (κ2) is 8.55. The van der Waals surface area contributed by atoms with Gasteiger partial charge in [0.15, 0.2) is 4.90 Å². The summed E-state index contributed by atoms with van der Waals surface area (Å²) in [5.41, 5.74) is 2.42. The summed E-state index contributed by atoms with van der Waals surface area (Å²) in [5, 5.41) is 4.22. The summed E-state index contributed by atoms with van der Waals surface area (Å²) in [6.45, 7) is 6.31. The standard InChI is InChI=1S/C24H27N3O5S/c1-5-16-13-17(7-8-19(16)15-27-12-6-11-25-27)23(28)26-33(29,30)22-20(31-4)10-9-18-14-24(2,3)32-21(18)22/h6-13H,5,14-15H2,1-4H3,(H,26,28). The third-order valence-electron chi connectivity index (χ3n) is 5.61. The monoisotopic (exact) mass is 469 g/mol. The Morgan fingerprint density at radius 3 is 2.70 bits per heavy atom. The van der Waals surface area contributed by atoms with Gasteiger partial charge < -0.3 is 9.47 Å². The predicted octanol–water partition coefficient (Wildman–Crippen LogP) is 3.33. The zero-order valence-electron chi connectivity index (χ0n) is 19.1. The van der Waals surface area contributed by atoms with E-state index in [1.54, 1.807) is 35.1 Å². The van der Waals surface area contributed by atoms with E-state index in [2.05, 4.69) is 9.82 Å². The molecule has 2 heterocycles. The van der Waals surface area contributed by atoms with Gasteiger partial charge in [-0.3, -0.25) is 9.48 Å². The number of ether oxygens (including phenoxy) is 2. The van der Waals surface area contributed by atoms with E-state index in [4.69, 9.17) is 9.47 Å². The van der Waals surface area contributed by atoms with Crippen LogP contribution < -0.4 is 14.2 Å². The first-order valence-corrected chi connectivity index (χ1v) is 12.2. The molecular weight excluding hydrogens is 442 g/mol. The number of amides is 1. The summed E-state index contributed by atoms with van der Waals surface area (Å²) in [5.74, 6) is -0.369. The third-order valence-corrected chi connectivity index (χ3v) is 6.99. The average Bonchev–Trinajstić information content (AvgIpc) is 3.38. The molecule has 0 aliphatic carbocycles. The SMILES string of the molecule is CCc1cc(C(=O)NS(=O)(=O)c2c(OC)ccc3c2OC(C)(C)C3)ccc1Cn1cccn1. The number of fused-ring (bicyclic) bond motifs is 1. The zero-order valence-corrected chi connectivity index (χ0v) is 19.9. The van der Waals surface area contributed by atoms with Crippen LogP contribution in [0.1, 0.15) is 47.8 Å². The van der Waals surface area contributed by atoms with Crippen LogP contribution in [-0.2, 0) is 29.4 Å². The lowest BCUT2D eigenvalue weighted by Crippen LogP contribution is -2.32. The van der Waals surface area contributed by atoms with E-state index < -0.39 is 21.5 Å². The number of aromatic nitrogens is 2. The van der Waals surface area contributed by atoms with Crippen molar-refractivity contribution < 1.29 is 22.7 Å². The number of sulfonamides is 1. The molecule has 0 radical (unpaired) electrons. The Balaban J connectivity index is 1.64. The van der Waals surface area contributed by atoms with Crippen LogP contribution in [0.5, 0.6) is 11.5 Å². The lowest BCUT2D eigenvalue weighted by atomic mass is 10.0. The second-order valence-corrected chi connectivity index (χ2v) is 10.2. The second-order valence-electron chi connectivity index (χ2n) is 8.60. The fourth-order valence-electron chi connectivity index (χ4n) is 4.07. The van der Waals surface area contributed by atoms with Gasteiger partial charge in [-0.15, -0.1) is 0 Å². The Hall–Kier alpha value is -3.33. The summed E-state index contributed by atoms with van der Waals surface area (Å²) in [6.07, 6.45) is 4.81. The van der Waals surface area contributed by atoms with E-state index >= 15 is 0 Å². The molecule has 0 unspecified atom stereocenters. The first kappa shape index (κ1) is 22.8. The van der Waals surface area contributed by atoms with Crippen LogP contribution in [0.15, 0.2) is 53.7 Å². The van der Waals surface area contributed by atoms with Crippen LogP contribution in [0.2, 0.25) is 0 Å². The van der Waals surface area contributed by atoms with Crippen molar-refractivity contribution in [3.8, 4) is 11.5 Å². The highest BCUT2D eigenvalue weighted by molar-refractivity contribution is 7.90. The third kappa shape index (κ3) is 4.59. The minimum atomic E-state index is -4.26. The van der Waals surface area contributed by atoms with Crippen molar-refractivity contribution in [2.45, 2.75) is 50.7 Å². The molecule has 0 saturated heterocycles. The zero-order chi connectivity index (χ0) is 23.8. The molecule has 0 spiro atoms. The fraction of sp³-hybridized carbons (Fsp3) is 0.333. The van der Waals surface area contributed by atoms with Crippen molar-refractivity contribution >= 4 is 15.9 Å². The molecule has 4 rings (SSSR count). The lowest BCUT2D eigenvalue weighted by molar-refractivity contribution is 0.0981. The molecule has 1 aliphatic rings. The van der Waals surface area contributed by atoms with Gasteiger partial charge in [0.2, 0.25) is 0 Å². The highest BCUT2D eigenvalue weighted by atomic mass is 32.2. The summed E-state index contributed by atoms with van der Waals surface area (Å²) < 4.78 is 41.8. The van der Waals surface area contributed by atoms with E-state index in [9.17, 15) is 13.2 Å². The van der Waals surface area contributed by atoms with Crippen molar-refractivity contribution in [1.29, 1.82) is 0 Å². The summed E-state index contributed by atoms with van der Waals surface area (Å²) >= 11 is 0. The molecule has 8 nitrogen and oxygen atoms in total. The van der Waals surface area contributed by atoms with Crippen molar-refractivity contribution in [1.82, 2.24) is 14.5 Å². The Kier molecular flexibility index (Phi) is 5.92. The molecule has 1 N–H and O–H groups in total. The molecule has 9 heteroatoms. The van der Waals surface area contributed by atoms with Crippen molar-refractivity contribution in [2.24, 2.45) is 0 Å². The van der Waals surface area contributed by atoms with Crippen LogP contribution in [0.4, 0.5) is 0 Å². The van der Waals surface area contributed by atoms with Crippen LogP contribution in [-0.4, -0.2) is 36.8 Å². The summed E-state index contributed by atoms with van der Waals surface area (Å²) in [6, 6.07) is 10.4. The molecule has 1 aliphatic heterocycles. The summed E-state index contributed by atoms with van der Waals surface area (Å²) in [4.78, 5) is 12.8. The fourth-order valence-corrected chi connectivity index (χ4v) is 5.37. The van der Waals surface area contributed by atoms with E-state index in [1.165, 1.54) is 7.11 Å². The van der Waals surface area contributed by atoms with Crippen LogP contribution in [0.25, 0.3) is 0 Å². The molecular formula is C24H27N3O5S. The Morgan fingerprint density at radius 1 is 1.24 bits per heavy atom. The van der Waals surface area contributed by atoms with Crippen LogP contribution >= 0.6 is 0 Å². The Labute approximate surface area is 193 Å². The van der Waals surface area contributed by atoms with Gasteiger partial charge in [0.25, 0.3) is 15.9 Å². The molecule has 0 fully saturated rings. The van der Waals surface area contributed by atoms with Gasteiger partial charge >= 0.3 is 0 Å². The van der Waals surface area contributed by atoms with Crippen molar-refractivity contribution in [3.63, 3.8) is 0 Å². The normalized spacial score (nSPS) is 14.4. The highest BCUT2D eigenvalue weighted by Crippen LogP contribution is 2.44. The number of nitrogens with zero attached hydrogens (tertiary/aromatic N) is 2. The first-order chi connectivity index (χ1) is 15.6. The number of carbonyl (C=O) groups excluding carboxylic acids is 1. The first-order valence-electron chi connectivity index (χ1n) is 10.7. The maximum absolute atomic E-state index is 13.3. The number of carbonyl (C=O) groups is 1. The number of benzene rings is 2. The molecule has 174 valence electrons. The van der Waals surface area contributed by atoms with Gasteiger partial charge in [-0.1, -0.05) is 19.1 Å². The van der Waals surface area contributed by atoms with Gasteiger partial charge in [-0.25, -0.2) is 13.1 Å². The van der Waals surface area contributed by atoms with Crippen LogP contribution in [0.3, 0.4) is 0 Å². The Bertz CT molecular complexity index is 1300. The number of hydrogen-bond donors (Lipinski definition) is 1. The van der Waals surface area contributed by atoms with Gasteiger partial charge in [0, 0.05) is 24.4 Å². The minimum Gasteiger partial charge on any atom is -0.495 e. The minimum absolute atomic E-state index is 0.121. The molecule has 0 bridgehead atoms.